The van der Waals surface area contributed by atoms with E-state index in [1.165, 1.54) is 4.90 Å². The van der Waals surface area contributed by atoms with Crippen molar-refractivity contribution in [3.8, 4) is 0 Å². The van der Waals surface area contributed by atoms with Crippen LogP contribution in [0.3, 0.4) is 0 Å². The summed E-state index contributed by atoms with van der Waals surface area (Å²) in [5.41, 5.74) is 2.06. The molecule has 0 saturated carbocycles. The van der Waals surface area contributed by atoms with Crippen LogP contribution in [-0.4, -0.2) is 22.7 Å². The fourth-order valence-corrected chi connectivity index (χ4v) is 2.60. The number of benzene rings is 2. The van der Waals surface area contributed by atoms with Crippen LogP contribution in [0.2, 0.25) is 0 Å². The summed E-state index contributed by atoms with van der Waals surface area (Å²) in [7, 11) is 0. The largest absolute Gasteiger partial charge is 0.354 e. The third-order valence-electron chi connectivity index (χ3n) is 3.65. The van der Waals surface area contributed by atoms with Crippen LogP contribution in [0.5, 0.6) is 0 Å². The molecule has 2 unspecified atom stereocenters. The molecule has 2 aromatic carbocycles. The number of ether oxygens (including phenoxy) is 2. The van der Waals surface area contributed by atoms with Gasteiger partial charge in [0, 0.05) is 0 Å². The van der Waals surface area contributed by atoms with Crippen LogP contribution in [0, 0.1) is 0 Å². The average molecular weight is 348 g/mol. The lowest BCUT2D eigenvalue weighted by Gasteiger charge is -2.32. The Kier molecular flexibility index (Phi) is 7.25. The van der Waals surface area contributed by atoms with Gasteiger partial charge in [0.25, 0.3) is 0 Å². The van der Waals surface area contributed by atoms with Crippen molar-refractivity contribution in [3.05, 3.63) is 71.8 Å². The number of rotatable bonds is 8. The molecule has 0 radical (unpaired) electrons. The summed E-state index contributed by atoms with van der Waals surface area (Å²) in [5, 5.41) is -0.601. The van der Waals surface area contributed by atoms with E-state index in [1.807, 2.05) is 60.7 Å². The normalized spacial score (nSPS) is 13.3. The molecule has 2 rings (SSSR count). The zero-order valence-electron chi connectivity index (χ0n) is 13.9. The molecule has 2 atom stereocenters. The molecule has 0 N–H and O–H groups in total. The molecule has 0 bridgehead atoms. The Balaban J connectivity index is 1.90. The van der Waals surface area contributed by atoms with Crippen molar-refractivity contribution in [1.29, 1.82) is 0 Å². The first-order chi connectivity index (χ1) is 11.6. The van der Waals surface area contributed by atoms with E-state index < -0.39 is 17.8 Å². The van der Waals surface area contributed by atoms with Gasteiger partial charge in [-0.05, 0) is 36.6 Å². The van der Waals surface area contributed by atoms with Crippen LogP contribution in [0.15, 0.2) is 60.7 Å². The number of carbonyl (C=O) groups excluding carboxylic acids is 1. The standard InChI is InChI=1S/C19H22ClNO3/c1-15(23-13-17-9-5-3-6-10-17)21(19(20)22)16(2)24-14-18-11-7-4-8-12-18/h3-12,15-16H,13-14H2,1-2H3. The summed E-state index contributed by atoms with van der Waals surface area (Å²) in [6, 6.07) is 19.5. The van der Waals surface area contributed by atoms with Gasteiger partial charge < -0.3 is 9.47 Å². The maximum absolute atomic E-state index is 11.8. The monoisotopic (exact) mass is 347 g/mol. The molecule has 0 aliphatic rings. The molecule has 24 heavy (non-hydrogen) atoms. The van der Waals surface area contributed by atoms with Crippen molar-refractivity contribution < 1.29 is 14.3 Å². The Labute approximate surface area is 147 Å². The van der Waals surface area contributed by atoms with Crippen LogP contribution in [-0.2, 0) is 22.7 Å². The topological polar surface area (TPSA) is 38.8 Å². The first kappa shape index (κ1) is 18.5. The predicted octanol–water partition coefficient (Wildman–Crippen LogP) is 4.77. The lowest BCUT2D eigenvalue weighted by atomic mass is 10.2. The quantitative estimate of drug-likeness (QED) is 0.392. The van der Waals surface area contributed by atoms with Crippen molar-refractivity contribution in [2.75, 3.05) is 0 Å². The molecular weight excluding hydrogens is 326 g/mol. The minimum atomic E-state index is -0.601. The molecule has 0 aliphatic carbocycles. The van der Waals surface area contributed by atoms with Gasteiger partial charge in [0.1, 0.15) is 12.5 Å². The fraction of sp³-hybridized carbons (Fsp3) is 0.316. The maximum Gasteiger partial charge on any atom is 0.320 e. The lowest BCUT2D eigenvalue weighted by Crippen LogP contribution is -2.44. The fourth-order valence-electron chi connectivity index (χ4n) is 2.32. The third-order valence-corrected chi connectivity index (χ3v) is 3.85. The minimum absolute atomic E-state index is 0.397. The Bertz CT molecular complexity index is 572. The third kappa shape index (κ3) is 5.64. The molecule has 4 nitrogen and oxygen atoms in total. The summed E-state index contributed by atoms with van der Waals surface area (Å²) >= 11 is 5.72. The van der Waals surface area contributed by atoms with E-state index in [-0.39, 0.29) is 0 Å². The summed E-state index contributed by atoms with van der Waals surface area (Å²) in [5.74, 6) is 0. The van der Waals surface area contributed by atoms with E-state index in [2.05, 4.69) is 0 Å². The first-order valence-corrected chi connectivity index (χ1v) is 8.24. The highest BCUT2D eigenvalue weighted by Gasteiger charge is 2.25. The van der Waals surface area contributed by atoms with Gasteiger partial charge in [-0.15, -0.1) is 0 Å². The number of hydrogen-bond donors (Lipinski definition) is 0. The highest BCUT2D eigenvalue weighted by Crippen LogP contribution is 2.15. The van der Waals surface area contributed by atoms with E-state index in [0.717, 1.165) is 11.1 Å². The molecule has 0 heterocycles. The van der Waals surface area contributed by atoms with E-state index in [0.29, 0.717) is 13.2 Å². The number of hydrogen-bond acceptors (Lipinski definition) is 3. The number of nitrogens with zero attached hydrogens (tertiary/aromatic N) is 1. The van der Waals surface area contributed by atoms with Crippen LogP contribution < -0.4 is 0 Å². The smallest absolute Gasteiger partial charge is 0.320 e. The summed E-state index contributed by atoms with van der Waals surface area (Å²) in [6.45, 7) is 4.36. The van der Waals surface area contributed by atoms with Crippen LogP contribution in [0.25, 0.3) is 0 Å². The van der Waals surface area contributed by atoms with Gasteiger partial charge in [0.2, 0.25) is 0 Å². The number of carbonyl (C=O) groups is 1. The first-order valence-electron chi connectivity index (χ1n) is 7.87. The molecule has 0 saturated heterocycles. The SMILES string of the molecule is CC(OCc1ccccc1)N(C(=O)Cl)C(C)OCc1ccccc1. The lowest BCUT2D eigenvalue weighted by molar-refractivity contribution is -0.119. The van der Waals surface area contributed by atoms with Crippen LogP contribution >= 0.6 is 11.6 Å². The van der Waals surface area contributed by atoms with Gasteiger partial charge in [-0.1, -0.05) is 60.7 Å². The van der Waals surface area contributed by atoms with Gasteiger partial charge in [0.05, 0.1) is 13.2 Å². The van der Waals surface area contributed by atoms with Crippen molar-refractivity contribution >= 4 is 17.0 Å². The second-order valence-electron chi connectivity index (χ2n) is 5.45. The van der Waals surface area contributed by atoms with Crippen molar-refractivity contribution in [3.63, 3.8) is 0 Å². The Hall–Kier alpha value is -1.88. The van der Waals surface area contributed by atoms with E-state index >= 15 is 0 Å². The van der Waals surface area contributed by atoms with Crippen molar-refractivity contribution in [1.82, 2.24) is 4.90 Å². The van der Waals surface area contributed by atoms with E-state index in [4.69, 9.17) is 21.1 Å². The van der Waals surface area contributed by atoms with Gasteiger partial charge in [-0.2, -0.15) is 0 Å². The van der Waals surface area contributed by atoms with Crippen molar-refractivity contribution in [2.24, 2.45) is 0 Å². The highest BCUT2D eigenvalue weighted by molar-refractivity contribution is 6.62. The zero-order chi connectivity index (χ0) is 17.4. The van der Waals surface area contributed by atoms with Gasteiger partial charge in [-0.3, -0.25) is 9.69 Å². The molecular formula is C19H22ClNO3. The average Bonchev–Trinajstić information content (AvgIpc) is 2.60. The second kappa shape index (κ2) is 9.42. The molecule has 0 spiro atoms. The molecule has 0 aliphatic heterocycles. The number of halogens is 1. The van der Waals surface area contributed by atoms with E-state index in [1.54, 1.807) is 13.8 Å². The molecule has 0 aromatic heterocycles. The maximum atomic E-state index is 11.8. The van der Waals surface area contributed by atoms with Crippen LogP contribution in [0.4, 0.5) is 4.79 Å². The van der Waals surface area contributed by atoms with Gasteiger partial charge in [-0.25, -0.2) is 0 Å². The molecule has 2 aromatic rings. The highest BCUT2D eigenvalue weighted by atomic mass is 35.5. The van der Waals surface area contributed by atoms with E-state index in [9.17, 15) is 4.79 Å². The molecule has 1 amide bonds. The summed E-state index contributed by atoms with van der Waals surface area (Å²) in [4.78, 5) is 13.2. The van der Waals surface area contributed by atoms with Crippen LogP contribution in [0.1, 0.15) is 25.0 Å². The van der Waals surface area contributed by atoms with Gasteiger partial charge in [0.15, 0.2) is 0 Å². The molecule has 5 heteroatoms. The Morgan fingerprint density at radius 3 is 1.58 bits per heavy atom. The predicted molar refractivity (Wildman–Crippen MR) is 94.5 cm³/mol. The Morgan fingerprint density at radius 2 is 1.25 bits per heavy atom. The zero-order valence-corrected chi connectivity index (χ0v) is 14.6. The Morgan fingerprint density at radius 1 is 0.875 bits per heavy atom. The number of amides is 1. The summed E-state index contributed by atoms with van der Waals surface area (Å²) < 4.78 is 11.5. The summed E-state index contributed by atoms with van der Waals surface area (Å²) in [6.07, 6.45) is -0.998. The van der Waals surface area contributed by atoms with Gasteiger partial charge >= 0.3 is 5.37 Å². The minimum Gasteiger partial charge on any atom is -0.354 e. The molecule has 0 fully saturated rings. The molecule has 128 valence electrons. The second-order valence-corrected chi connectivity index (χ2v) is 5.78. The van der Waals surface area contributed by atoms with Crippen molar-refractivity contribution in [2.45, 2.75) is 39.5 Å².